The third kappa shape index (κ3) is 5.13. The van der Waals surface area contributed by atoms with Crippen LogP contribution in [0.4, 0.5) is 15.8 Å². The minimum absolute atomic E-state index is 0.155. The van der Waals surface area contributed by atoms with Crippen LogP contribution in [0.15, 0.2) is 42.5 Å². The van der Waals surface area contributed by atoms with Crippen LogP contribution in [0.3, 0.4) is 0 Å². The number of hydrogen-bond acceptors (Lipinski definition) is 2. The molecule has 2 aromatic carbocycles. The number of aryl methyl sites for hydroxylation is 1. The van der Waals surface area contributed by atoms with Gasteiger partial charge >= 0.3 is 0 Å². The molecule has 5 nitrogen and oxygen atoms in total. The lowest BCUT2D eigenvalue weighted by Gasteiger charge is -2.21. The van der Waals surface area contributed by atoms with E-state index in [1.165, 1.54) is 24.3 Å². The third-order valence-electron chi connectivity index (χ3n) is 4.56. The van der Waals surface area contributed by atoms with E-state index in [1.54, 1.807) is 14.0 Å². The summed E-state index contributed by atoms with van der Waals surface area (Å²) in [6.07, 6.45) is 0. The van der Waals surface area contributed by atoms with Crippen LogP contribution >= 0.6 is 0 Å². The van der Waals surface area contributed by atoms with Gasteiger partial charge in [-0.3, -0.25) is 9.59 Å². The molecule has 2 rings (SSSR count). The zero-order valence-corrected chi connectivity index (χ0v) is 15.5. The highest BCUT2D eigenvalue weighted by molar-refractivity contribution is 5.94. The summed E-state index contributed by atoms with van der Waals surface area (Å²) in [7, 11) is 1.79. The molecular weight excluding hydrogens is 333 g/mol. The van der Waals surface area contributed by atoms with Gasteiger partial charge in [-0.15, -0.1) is 0 Å². The Bertz CT molecular complexity index is 790. The van der Waals surface area contributed by atoms with E-state index >= 15 is 0 Å². The number of quaternary nitrogens is 1. The Morgan fingerprint density at radius 3 is 2.38 bits per heavy atom. The van der Waals surface area contributed by atoms with Crippen LogP contribution < -0.4 is 15.5 Å². The van der Waals surface area contributed by atoms with Crippen molar-refractivity contribution >= 4 is 23.2 Å². The van der Waals surface area contributed by atoms with Crippen LogP contribution in [-0.2, 0) is 9.59 Å². The van der Waals surface area contributed by atoms with Gasteiger partial charge in [-0.25, -0.2) is 4.39 Å². The molecule has 0 aromatic heterocycles. The lowest BCUT2D eigenvalue weighted by Crippen LogP contribution is -3.14. The number of halogens is 1. The molecule has 2 aromatic rings. The Labute approximate surface area is 153 Å². The van der Waals surface area contributed by atoms with Crippen molar-refractivity contribution in [2.45, 2.75) is 26.8 Å². The maximum absolute atomic E-state index is 12.9. The molecule has 0 saturated heterocycles. The van der Waals surface area contributed by atoms with Crippen LogP contribution in [-0.4, -0.2) is 31.4 Å². The largest absolute Gasteiger partial charge is 0.321 e. The number of nitrogens with one attached hydrogen (secondary N) is 3. The lowest BCUT2D eigenvalue weighted by atomic mass is 10.1. The Kier molecular flexibility index (Phi) is 6.46. The molecule has 0 fully saturated rings. The molecule has 3 N–H and O–H groups in total. The smallest absolute Gasteiger partial charge is 0.282 e. The Balaban J connectivity index is 1.91. The molecule has 0 saturated carbocycles. The molecule has 26 heavy (non-hydrogen) atoms. The van der Waals surface area contributed by atoms with Crippen molar-refractivity contribution in [2.75, 3.05) is 24.2 Å². The fourth-order valence-corrected chi connectivity index (χ4v) is 2.49. The van der Waals surface area contributed by atoms with E-state index in [9.17, 15) is 14.0 Å². The van der Waals surface area contributed by atoms with Gasteiger partial charge in [-0.1, -0.05) is 12.1 Å². The van der Waals surface area contributed by atoms with E-state index in [0.29, 0.717) is 5.69 Å². The Hall–Kier alpha value is -2.73. The normalized spacial score (nSPS) is 13.0. The summed E-state index contributed by atoms with van der Waals surface area (Å²) < 4.78 is 12.9. The van der Waals surface area contributed by atoms with Gasteiger partial charge < -0.3 is 15.5 Å². The first-order chi connectivity index (χ1) is 12.3. The first-order valence-electron chi connectivity index (χ1n) is 8.52. The van der Waals surface area contributed by atoms with Gasteiger partial charge in [0.15, 0.2) is 12.6 Å². The molecule has 138 valence electrons. The average molecular weight is 358 g/mol. The molecule has 1 unspecified atom stereocenters. The lowest BCUT2D eigenvalue weighted by molar-refractivity contribution is -0.885. The van der Waals surface area contributed by atoms with Crippen molar-refractivity contribution in [3.05, 3.63) is 59.4 Å². The highest BCUT2D eigenvalue weighted by Crippen LogP contribution is 2.17. The zero-order chi connectivity index (χ0) is 19.3. The number of amides is 2. The van der Waals surface area contributed by atoms with E-state index in [2.05, 4.69) is 10.6 Å². The topological polar surface area (TPSA) is 62.6 Å². The zero-order valence-electron chi connectivity index (χ0n) is 15.5. The standard InChI is InChI=1S/C20H24FN3O2/c1-13-6-5-7-18(14(13)2)23-19(25)12-24(4)15(3)20(26)22-17-10-8-16(21)9-11-17/h5-11,15H,12H2,1-4H3,(H,22,26)(H,23,25)/p+1/t15-/m1/s1. The monoisotopic (exact) mass is 358 g/mol. The van der Waals surface area contributed by atoms with E-state index in [4.69, 9.17) is 0 Å². The Morgan fingerprint density at radius 1 is 1.08 bits per heavy atom. The van der Waals surface area contributed by atoms with E-state index in [-0.39, 0.29) is 24.2 Å². The van der Waals surface area contributed by atoms with Gasteiger partial charge in [-0.05, 0) is 62.2 Å². The summed E-state index contributed by atoms with van der Waals surface area (Å²) in [5, 5.41) is 5.63. The third-order valence-corrected chi connectivity index (χ3v) is 4.56. The summed E-state index contributed by atoms with van der Waals surface area (Å²) in [6, 6.07) is 10.9. The van der Waals surface area contributed by atoms with E-state index < -0.39 is 6.04 Å². The number of anilines is 2. The van der Waals surface area contributed by atoms with Gasteiger partial charge in [0.05, 0.1) is 7.05 Å². The maximum atomic E-state index is 12.9. The van der Waals surface area contributed by atoms with Gasteiger partial charge in [0.2, 0.25) is 0 Å². The van der Waals surface area contributed by atoms with Gasteiger partial charge in [0.1, 0.15) is 5.82 Å². The first kappa shape index (κ1) is 19.6. The summed E-state index contributed by atoms with van der Waals surface area (Å²) in [6.45, 7) is 5.86. The molecule has 0 bridgehead atoms. The average Bonchev–Trinajstić information content (AvgIpc) is 2.60. The molecule has 2 amide bonds. The van der Waals surface area contributed by atoms with E-state index in [1.807, 2.05) is 32.0 Å². The van der Waals surface area contributed by atoms with Crippen molar-refractivity contribution < 1.29 is 18.9 Å². The molecule has 0 aliphatic carbocycles. The fraction of sp³-hybridized carbons (Fsp3) is 0.300. The van der Waals surface area contributed by atoms with Crippen LogP contribution in [0.2, 0.25) is 0 Å². The van der Waals surface area contributed by atoms with Gasteiger partial charge in [-0.2, -0.15) is 0 Å². The summed E-state index contributed by atoms with van der Waals surface area (Å²) in [5.74, 6) is -0.742. The fourth-order valence-electron chi connectivity index (χ4n) is 2.49. The molecule has 0 aliphatic rings. The van der Waals surface area contributed by atoms with Crippen molar-refractivity contribution in [2.24, 2.45) is 0 Å². The molecule has 0 spiro atoms. The highest BCUT2D eigenvalue weighted by atomic mass is 19.1. The molecular formula is C20H25FN3O2+. The van der Waals surface area contributed by atoms with Crippen LogP contribution in [0.1, 0.15) is 18.1 Å². The summed E-state index contributed by atoms with van der Waals surface area (Å²) in [4.78, 5) is 25.4. The minimum Gasteiger partial charge on any atom is -0.321 e. The number of rotatable bonds is 6. The summed E-state index contributed by atoms with van der Waals surface area (Å²) in [5.41, 5.74) is 3.44. The number of hydrogen-bond donors (Lipinski definition) is 3. The Morgan fingerprint density at radius 2 is 1.73 bits per heavy atom. The number of carbonyl (C=O) groups is 2. The van der Waals surface area contributed by atoms with Crippen molar-refractivity contribution in [3.63, 3.8) is 0 Å². The second-order valence-corrected chi connectivity index (χ2v) is 6.54. The second kappa shape index (κ2) is 8.58. The highest BCUT2D eigenvalue weighted by Gasteiger charge is 2.24. The summed E-state index contributed by atoms with van der Waals surface area (Å²) >= 11 is 0. The van der Waals surface area contributed by atoms with Crippen LogP contribution in [0, 0.1) is 19.7 Å². The SMILES string of the molecule is Cc1cccc(NC(=O)C[NH+](C)[C@H](C)C(=O)Nc2ccc(F)cc2)c1C. The first-order valence-corrected chi connectivity index (χ1v) is 8.52. The van der Waals surface area contributed by atoms with Crippen LogP contribution in [0.5, 0.6) is 0 Å². The number of benzene rings is 2. The van der Waals surface area contributed by atoms with Gasteiger partial charge in [0, 0.05) is 11.4 Å². The number of likely N-dealkylation sites (N-methyl/N-ethyl adjacent to an activating group) is 1. The second-order valence-electron chi connectivity index (χ2n) is 6.54. The quantitative estimate of drug-likeness (QED) is 0.739. The van der Waals surface area contributed by atoms with Crippen molar-refractivity contribution in [1.29, 1.82) is 0 Å². The molecule has 0 heterocycles. The van der Waals surface area contributed by atoms with Crippen molar-refractivity contribution in [1.82, 2.24) is 0 Å². The predicted octanol–water partition coefficient (Wildman–Crippen LogP) is 1.92. The predicted molar refractivity (Wildman–Crippen MR) is 101 cm³/mol. The van der Waals surface area contributed by atoms with Crippen LogP contribution in [0.25, 0.3) is 0 Å². The van der Waals surface area contributed by atoms with E-state index in [0.717, 1.165) is 21.7 Å². The maximum Gasteiger partial charge on any atom is 0.282 e. The molecule has 0 aliphatic heterocycles. The van der Waals surface area contributed by atoms with Gasteiger partial charge in [0.25, 0.3) is 11.8 Å². The number of carbonyl (C=O) groups excluding carboxylic acids is 2. The van der Waals surface area contributed by atoms with Crippen molar-refractivity contribution in [3.8, 4) is 0 Å². The minimum atomic E-state index is -0.440. The molecule has 0 radical (unpaired) electrons. The molecule has 2 atom stereocenters. The molecule has 6 heteroatoms.